The van der Waals surface area contributed by atoms with Crippen molar-refractivity contribution in [1.82, 2.24) is 5.32 Å². The van der Waals surface area contributed by atoms with E-state index in [9.17, 15) is 0 Å². The van der Waals surface area contributed by atoms with Gasteiger partial charge in [-0.1, -0.05) is 51.4 Å². The van der Waals surface area contributed by atoms with E-state index in [1.807, 2.05) is 12.1 Å². The highest BCUT2D eigenvalue weighted by Crippen LogP contribution is 2.21. The van der Waals surface area contributed by atoms with Crippen LogP contribution in [0, 0.1) is 5.92 Å². The summed E-state index contributed by atoms with van der Waals surface area (Å²) in [6.45, 7) is 9.01. The monoisotopic (exact) mass is 253 g/mol. The molecule has 0 aliphatic carbocycles. The van der Waals surface area contributed by atoms with Crippen molar-refractivity contribution in [2.75, 3.05) is 0 Å². The Bertz CT molecular complexity index is 318. The molecule has 2 atom stereocenters. The molecule has 1 aromatic rings. The maximum absolute atomic E-state index is 5.92. The molecule has 0 saturated carbocycles. The fraction of sp³-hybridized carbons (Fsp3) is 0.600. The fourth-order valence-electron chi connectivity index (χ4n) is 2.18. The van der Waals surface area contributed by atoms with Crippen molar-refractivity contribution in [3.05, 3.63) is 34.9 Å². The Hall–Kier alpha value is -0.530. The Labute approximate surface area is 111 Å². The molecule has 0 aliphatic heterocycles. The van der Waals surface area contributed by atoms with Crippen LogP contribution in [0.1, 0.15) is 52.1 Å². The van der Waals surface area contributed by atoms with Gasteiger partial charge in [0.05, 0.1) is 0 Å². The van der Waals surface area contributed by atoms with Crippen molar-refractivity contribution in [2.24, 2.45) is 5.92 Å². The van der Waals surface area contributed by atoms with Crippen LogP contribution >= 0.6 is 11.6 Å². The third-order valence-electron chi connectivity index (χ3n) is 3.34. The first-order valence-electron chi connectivity index (χ1n) is 6.60. The highest BCUT2D eigenvalue weighted by Gasteiger charge is 2.16. The van der Waals surface area contributed by atoms with Crippen molar-refractivity contribution in [2.45, 2.75) is 52.6 Å². The first-order valence-corrected chi connectivity index (χ1v) is 6.97. The summed E-state index contributed by atoms with van der Waals surface area (Å²) < 4.78 is 0. The minimum absolute atomic E-state index is 0.430. The molecule has 0 fully saturated rings. The van der Waals surface area contributed by atoms with E-state index < -0.39 is 0 Å². The lowest BCUT2D eigenvalue weighted by Crippen LogP contribution is -2.36. The predicted molar refractivity (Wildman–Crippen MR) is 76.5 cm³/mol. The second kappa shape index (κ2) is 7.03. The molecule has 1 nitrogen and oxygen atoms in total. The highest BCUT2D eigenvalue weighted by atomic mass is 35.5. The Balaban J connectivity index is 2.74. The Kier molecular flexibility index (Phi) is 6.01. The lowest BCUT2D eigenvalue weighted by molar-refractivity contribution is 0.340. The van der Waals surface area contributed by atoms with Crippen LogP contribution in [0.4, 0.5) is 0 Å². The molecule has 0 spiro atoms. The number of hydrogen-bond acceptors (Lipinski definition) is 1. The zero-order chi connectivity index (χ0) is 12.8. The molecule has 1 N–H and O–H groups in total. The van der Waals surface area contributed by atoms with Gasteiger partial charge in [0, 0.05) is 17.1 Å². The Morgan fingerprint density at radius 3 is 2.06 bits per heavy atom. The smallest absolute Gasteiger partial charge is 0.0406 e. The van der Waals surface area contributed by atoms with Gasteiger partial charge in [-0.15, -0.1) is 0 Å². The second-order valence-corrected chi connectivity index (χ2v) is 5.37. The average Bonchev–Trinajstić information content (AvgIpc) is 2.32. The second-order valence-electron chi connectivity index (χ2n) is 4.94. The quantitative estimate of drug-likeness (QED) is 0.767. The third-order valence-corrected chi connectivity index (χ3v) is 3.59. The molecule has 2 unspecified atom stereocenters. The number of halogens is 1. The van der Waals surface area contributed by atoms with Gasteiger partial charge >= 0.3 is 0 Å². The van der Waals surface area contributed by atoms with Gasteiger partial charge in [-0.25, -0.2) is 0 Å². The molecule has 0 radical (unpaired) electrons. The van der Waals surface area contributed by atoms with E-state index in [-0.39, 0.29) is 0 Å². The summed E-state index contributed by atoms with van der Waals surface area (Å²) in [6, 6.07) is 9.19. The normalized spacial score (nSPS) is 14.9. The predicted octanol–water partition coefficient (Wildman–Crippen LogP) is 4.82. The van der Waals surface area contributed by atoms with Crippen molar-refractivity contribution in [1.29, 1.82) is 0 Å². The summed E-state index contributed by atoms with van der Waals surface area (Å²) in [7, 11) is 0. The first kappa shape index (κ1) is 14.5. The molecule has 0 saturated heterocycles. The van der Waals surface area contributed by atoms with Crippen LogP contribution in [-0.4, -0.2) is 6.04 Å². The van der Waals surface area contributed by atoms with Gasteiger partial charge in [-0.3, -0.25) is 0 Å². The van der Waals surface area contributed by atoms with E-state index in [2.05, 4.69) is 45.1 Å². The van der Waals surface area contributed by atoms with E-state index in [1.54, 1.807) is 0 Å². The average molecular weight is 254 g/mol. The van der Waals surface area contributed by atoms with E-state index in [0.29, 0.717) is 18.0 Å². The van der Waals surface area contributed by atoms with Crippen LogP contribution in [0.3, 0.4) is 0 Å². The van der Waals surface area contributed by atoms with Crippen LogP contribution in [0.5, 0.6) is 0 Å². The maximum atomic E-state index is 5.92. The third kappa shape index (κ3) is 4.33. The van der Waals surface area contributed by atoms with Crippen LogP contribution < -0.4 is 5.32 Å². The molecule has 0 aromatic heterocycles. The molecule has 1 aromatic carbocycles. The lowest BCUT2D eigenvalue weighted by atomic mass is 9.97. The van der Waals surface area contributed by atoms with Gasteiger partial charge in [-0.05, 0) is 36.5 Å². The molecule has 2 heteroatoms. The SMILES string of the molecule is CCC(NC(CC)C(C)C)c1ccc(Cl)cc1. The van der Waals surface area contributed by atoms with Gasteiger partial charge in [0.25, 0.3) is 0 Å². The Morgan fingerprint density at radius 2 is 1.65 bits per heavy atom. The lowest BCUT2D eigenvalue weighted by Gasteiger charge is -2.27. The summed E-state index contributed by atoms with van der Waals surface area (Å²) in [4.78, 5) is 0. The topological polar surface area (TPSA) is 12.0 Å². The van der Waals surface area contributed by atoms with E-state index in [1.165, 1.54) is 12.0 Å². The Morgan fingerprint density at radius 1 is 1.06 bits per heavy atom. The largest absolute Gasteiger partial charge is 0.307 e. The summed E-state index contributed by atoms with van der Waals surface area (Å²) in [5, 5.41) is 4.55. The van der Waals surface area contributed by atoms with Crippen LogP contribution in [-0.2, 0) is 0 Å². The highest BCUT2D eigenvalue weighted by molar-refractivity contribution is 6.30. The van der Waals surface area contributed by atoms with E-state index >= 15 is 0 Å². The molecular formula is C15H24ClN. The van der Waals surface area contributed by atoms with E-state index in [0.717, 1.165) is 11.4 Å². The maximum Gasteiger partial charge on any atom is 0.0406 e. The van der Waals surface area contributed by atoms with Gasteiger partial charge < -0.3 is 5.32 Å². The molecule has 0 amide bonds. The molecular weight excluding hydrogens is 230 g/mol. The van der Waals surface area contributed by atoms with Crippen molar-refractivity contribution in [3.63, 3.8) is 0 Å². The minimum Gasteiger partial charge on any atom is -0.307 e. The van der Waals surface area contributed by atoms with Crippen LogP contribution in [0.15, 0.2) is 24.3 Å². The number of benzene rings is 1. The molecule has 0 bridgehead atoms. The summed E-state index contributed by atoms with van der Waals surface area (Å²) >= 11 is 5.92. The molecule has 1 rings (SSSR count). The van der Waals surface area contributed by atoms with Gasteiger partial charge in [0.2, 0.25) is 0 Å². The standard InChI is InChI=1S/C15H24ClN/c1-5-14(11(3)4)17-15(6-2)12-7-9-13(16)10-8-12/h7-11,14-15,17H,5-6H2,1-4H3. The molecule has 17 heavy (non-hydrogen) atoms. The summed E-state index contributed by atoms with van der Waals surface area (Å²) in [5.41, 5.74) is 1.33. The molecule has 0 heterocycles. The number of hydrogen-bond donors (Lipinski definition) is 1. The minimum atomic E-state index is 0.430. The van der Waals surface area contributed by atoms with Gasteiger partial charge in [0.1, 0.15) is 0 Å². The van der Waals surface area contributed by atoms with Crippen LogP contribution in [0.2, 0.25) is 5.02 Å². The van der Waals surface area contributed by atoms with Crippen molar-refractivity contribution in [3.8, 4) is 0 Å². The number of nitrogens with one attached hydrogen (secondary N) is 1. The van der Waals surface area contributed by atoms with Crippen LogP contribution in [0.25, 0.3) is 0 Å². The van der Waals surface area contributed by atoms with E-state index in [4.69, 9.17) is 11.6 Å². The summed E-state index contributed by atoms with van der Waals surface area (Å²) in [6.07, 6.45) is 2.27. The van der Waals surface area contributed by atoms with Crippen molar-refractivity contribution >= 4 is 11.6 Å². The zero-order valence-electron chi connectivity index (χ0n) is 11.3. The summed E-state index contributed by atoms with van der Waals surface area (Å²) in [5.74, 6) is 0.668. The first-order chi connectivity index (χ1) is 8.08. The fourth-order valence-corrected chi connectivity index (χ4v) is 2.31. The molecule has 96 valence electrons. The zero-order valence-corrected chi connectivity index (χ0v) is 12.1. The number of rotatable bonds is 6. The van der Waals surface area contributed by atoms with Crippen molar-refractivity contribution < 1.29 is 0 Å². The van der Waals surface area contributed by atoms with Gasteiger partial charge in [0.15, 0.2) is 0 Å². The molecule has 0 aliphatic rings. The van der Waals surface area contributed by atoms with Gasteiger partial charge in [-0.2, -0.15) is 0 Å².